The summed E-state index contributed by atoms with van der Waals surface area (Å²) in [6.45, 7) is 9.82. The van der Waals surface area contributed by atoms with Crippen molar-refractivity contribution in [2.45, 2.75) is 33.2 Å². The first-order valence-electron chi connectivity index (χ1n) is 11.1. The first kappa shape index (κ1) is 23.7. The molecule has 32 heavy (non-hydrogen) atoms. The molecule has 0 N–H and O–H groups in total. The smallest absolute Gasteiger partial charge is 0.269 e. The van der Waals surface area contributed by atoms with E-state index in [9.17, 15) is 14.9 Å². The van der Waals surface area contributed by atoms with Gasteiger partial charge in [-0.3, -0.25) is 19.8 Å². The van der Waals surface area contributed by atoms with E-state index in [1.165, 1.54) is 5.56 Å². The fourth-order valence-electron chi connectivity index (χ4n) is 4.56. The van der Waals surface area contributed by atoms with Crippen molar-refractivity contribution in [3.63, 3.8) is 0 Å². The van der Waals surface area contributed by atoms with Crippen LogP contribution in [-0.4, -0.2) is 53.9 Å². The van der Waals surface area contributed by atoms with Gasteiger partial charge in [0, 0.05) is 57.7 Å². The summed E-state index contributed by atoms with van der Waals surface area (Å²) in [4.78, 5) is 27.2. The standard InChI is InChI=1S/C25H33N3O4/c1-18(2)13-27(19(3)29)16-22-15-26(14-20-8-10-23(11-9-20)28(30)31)17-25(22)21-6-5-7-24(12-21)32-4/h5-12,18,22,25H,13-17H2,1-4H3/t22-,25-/m0/s1. The number of hydrogen-bond donors (Lipinski definition) is 0. The Kier molecular flexibility index (Phi) is 7.85. The highest BCUT2D eigenvalue weighted by atomic mass is 16.6. The van der Waals surface area contributed by atoms with Gasteiger partial charge in [0.05, 0.1) is 12.0 Å². The SMILES string of the molecule is COc1cccc([C@@H]2CN(Cc3ccc([N+](=O)[O-])cc3)C[C@H]2CN(CC(C)C)C(C)=O)c1. The van der Waals surface area contributed by atoms with Crippen LogP contribution >= 0.6 is 0 Å². The number of benzene rings is 2. The third kappa shape index (κ3) is 6.07. The Morgan fingerprint density at radius 1 is 1.22 bits per heavy atom. The Morgan fingerprint density at radius 2 is 1.94 bits per heavy atom. The zero-order valence-electron chi connectivity index (χ0n) is 19.4. The summed E-state index contributed by atoms with van der Waals surface area (Å²) >= 11 is 0. The second-order valence-electron chi connectivity index (χ2n) is 9.08. The highest BCUT2D eigenvalue weighted by molar-refractivity contribution is 5.73. The molecule has 2 aromatic carbocycles. The molecule has 3 rings (SSSR count). The summed E-state index contributed by atoms with van der Waals surface area (Å²) in [5.41, 5.74) is 2.37. The molecule has 0 spiro atoms. The van der Waals surface area contributed by atoms with E-state index in [0.717, 1.165) is 37.5 Å². The Labute approximate surface area is 190 Å². The quantitative estimate of drug-likeness (QED) is 0.430. The molecule has 0 radical (unpaired) electrons. The summed E-state index contributed by atoms with van der Waals surface area (Å²) in [6.07, 6.45) is 0. The first-order chi connectivity index (χ1) is 15.3. The molecule has 0 aliphatic carbocycles. The third-order valence-corrected chi connectivity index (χ3v) is 6.08. The average Bonchev–Trinajstić information content (AvgIpc) is 3.15. The Morgan fingerprint density at radius 3 is 2.53 bits per heavy atom. The van der Waals surface area contributed by atoms with Crippen LogP contribution in [0.25, 0.3) is 0 Å². The lowest BCUT2D eigenvalue weighted by Gasteiger charge is -2.29. The number of carbonyl (C=O) groups is 1. The molecule has 2 aromatic rings. The molecule has 1 aliphatic rings. The van der Waals surface area contributed by atoms with Gasteiger partial charge in [-0.15, -0.1) is 0 Å². The van der Waals surface area contributed by atoms with Crippen LogP contribution in [0.15, 0.2) is 48.5 Å². The highest BCUT2D eigenvalue weighted by Crippen LogP contribution is 2.35. The molecule has 1 aliphatic heterocycles. The molecule has 0 unspecified atom stereocenters. The average molecular weight is 440 g/mol. The summed E-state index contributed by atoms with van der Waals surface area (Å²) in [5.74, 6) is 1.92. The van der Waals surface area contributed by atoms with Crippen molar-refractivity contribution in [2.24, 2.45) is 11.8 Å². The highest BCUT2D eigenvalue weighted by Gasteiger charge is 2.35. The molecule has 1 heterocycles. The number of amides is 1. The van der Waals surface area contributed by atoms with E-state index in [2.05, 4.69) is 30.9 Å². The molecular weight excluding hydrogens is 406 g/mol. The number of non-ortho nitro benzene ring substituents is 1. The monoisotopic (exact) mass is 439 g/mol. The van der Waals surface area contributed by atoms with Crippen molar-refractivity contribution < 1.29 is 14.5 Å². The zero-order chi connectivity index (χ0) is 23.3. The van der Waals surface area contributed by atoms with Crippen LogP contribution in [0.3, 0.4) is 0 Å². The van der Waals surface area contributed by atoms with Crippen molar-refractivity contribution >= 4 is 11.6 Å². The number of hydrogen-bond acceptors (Lipinski definition) is 5. The molecule has 0 bridgehead atoms. The minimum Gasteiger partial charge on any atom is -0.497 e. The van der Waals surface area contributed by atoms with E-state index in [1.807, 2.05) is 29.2 Å². The second-order valence-corrected chi connectivity index (χ2v) is 9.08. The molecule has 0 aromatic heterocycles. The number of nitro benzene ring substituents is 1. The normalized spacial score (nSPS) is 18.7. The van der Waals surface area contributed by atoms with Crippen LogP contribution in [-0.2, 0) is 11.3 Å². The number of methoxy groups -OCH3 is 1. The fourth-order valence-corrected chi connectivity index (χ4v) is 4.56. The van der Waals surface area contributed by atoms with Crippen LogP contribution in [0, 0.1) is 22.0 Å². The molecule has 1 amide bonds. The minimum atomic E-state index is -0.375. The van der Waals surface area contributed by atoms with Gasteiger partial charge in [0.15, 0.2) is 0 Å². The van der Waals surface area contributed by atoms with Gasteiger partial charge in [-0.25, -0.2) is 0 Å². The van der Waals surface area contributed by atoms with Crippen LogP contribution in [0.4, 0.5) is 5.69 Å². The largest absolute Gasteiger partial charge is 0.497 e. The number of ether oxygens (including phenoxy) is 1. The van der Waals surface area contributed by atoms with Gasteiger partial charge in [0.25, 0.3) is 5.69 Å². The van der Waals surface area contributed by atoms with Crippen molar-refractivity contribution in [1.82, 2.24) is 9.80 Å². The maximum Gasteiger partial charge on any atom is 0.269 e. The Balaban J connectivity index is 1.80. The lowest BCUT2D eigenvalue weighted by atomic mass is 9.88. The molecule has 1 fully saturated rings. The fraction of sp³-hybridized carbons (Fsp3) is 0.480. The zero-order valence-corrected chi connectivity index (χ0v) is 19.4. The molecule has 2 atom stereocenters. The van der Waals surface area contributed by atoms with Gasteiger partial charge in [-0.05, 0) is 35.1 Å². The maximum atomic E-state index is 12.3. The van der Waals surface area contributed by atoms with Crippen LogP contribution < -0.4 is 4.74 Å². The predicted octanol–water partition coefficient (Wildman–Crippen LogP) is 4.32. The molecule has 172 valence electrons. The summed E-state index contributed by atoms with van der Waals surface area (Å²) in [6, 6.07) is 15.0. The van der Waals surface area contributed by atoms with Crippen molar-refractivity contribution in [1.29, 1.82) is 0 Å². The van der Waals surface area contributed by atoms with Gasteiger partial charge in [0.2, 0.25) is 5.91 Å². The molecular formula is C25H33N3O4. The van der Waals surface area contributed by atoms with E-state index in [4.69, 9.17) is 4.74 Å². The number of nitrogens with zero attached hydrogens (tertiary/aromatic N) is 3. The maximum absolute atomic E-state index is 12.3. The first-order valence-corrected chi connectivity index (χ1v) is 11.1. The van der Waals surface area contributed by atoms with Gasteiger partial charge in [-0.1, -0.05) is 38.1 Å². The Bertz CT molecular complexity index is 929. The van der Waals surface area contributed by atoms with Gasteiger partial charge >= 0.3 is 0 Å². The van der Waals surface area contributed by atoms with E-state index in [1.54, 1.807) is 26.2 Å². The van der Waals surface area contributed by atoms with Crippen molar-refractivity contribution in [3.8, 4) is 5.75 Å². The molecule has 1 saturated heterocycles. The summed E-state index contributed by atoms with van der Waals surface area (Å²) in [5, 5.41) is 10.9. The van der Waals surface area contributed by atoms with Crippen molar-refractivity contribution in [3.05, 3.63) is 69.8 Å². The van der Waals surface area contributed by atoms with Crippen LogP contribution in [0.5, 0.6) is 5.75 Å². The van der Waals surface area contributed by atoms with Gasteiger partial charge < -0.3 is 9.64 Å². The molecule has 7 heteroatoms. The van der Waals surface area contributed by atoms with Crippen LogP contribution in [0.2, 0.25) is 0 Å². The summed E-state index contributed by atoms with van der Waals surface area (Å²) in [7, 11) is 1.67. The minimum absolute atomic E-state index is 0.105. The molecule has 0 saturated carbocycles. The van der Waals surface area contributed by atoms with E-state index in [-0.39, 0.29) is 22.4 Å². The lowest BCUT2D eigenvalue weighted by molar-refractivity contribution is -0.384. The van der Waals surface area contributed by atoms with E-state index in [0.29, 0.717) is 18.4 Å². The molecule has 7 nitrogen and oxygen atoms in total. The third-order valence-electron chi connectivity index (χ3n) is 6.08. The van der Waals surface area contributed by atoms with Gasteiger partial charge in [0.1, 0.15) is 5.75 Å². The van der Waals surface area contributed by atoms with E-state index < -0.39 is 0 Å². The number of carbonyl (C=O) groups excluding carboxylic acids is 1. The van der Waals surface area contributed by atoms with Crippen LogP contribution in [0.1, 0.15) is 37.8 Å². The summed E-state index contributed by atoms with van der Waals surface area (Å²) < 4.78 is 5.44. The predicted molar refractivity (Wildman–Crippen MR) is 125 cm³/mol. The van der Waals surface area contributed by atoms with Crippen molar-refractivity contribution in [2.75, 3.05) is 33.3 Å². The topological polar surface area (TPSA) is 75.9 Å². The lowest BCUT2D eigenvalue weighted by Crippen LogP contribution is -2.38. The Hall–Kier alpha value is -2.93. The second kappa shape index (κ2) is 10.6. The number of nitro groups is 1. The number of likely N-dealkylation sites (tertiary alicyclic amines) is 1. The van der Waals surface area contributed by atoms with E-state index >= 15 is 0 Å². The van der Waals surface area contributed by atoms with Gasteiger partial charge in [-0.2, -0.15) is 0 Å². The number of rotatable bonds is 9.